The van der Waals surface area contributed by atoms with Gasteiger partial charge in [-0.15, -0.1) is 0 Å². The van der Waals surface area contributed by atoms with E-state index in [9.17, 15) is 10.2 Å². The molecule has 2 N–H and O–H groups in total. The molecule has 0 bridgehead atoms. The van der Waals surface area contributed by atoms with Crippen LogP contribution in [0.3, 0.4) is 0 Å². The van der Waals surface area contributed by atoms with Gasteiger partial charge in [0.1, 0.15) is 18.3 Å². The van der Waals surface area contributed by atoms with Crippen molar-refractivity contribution in [1.29, 1.82) is 0 Å². The lowest BCUT2D eigenvalue weighted by molar-refractivity contribution is 0.0482. The molecule has 2 rings (SSSR count). The number of benzene rings is 1. The number of hydrogen-bond acceptors (Lipinski definition) is 4. The maximum absolute atomic E-state index is 9.49. The molecule has 4 heteroatoms. The molecule has 1 heterocycles. The molecular formula is C12H15NO3. The number of hydrogen-bond donors (Lipinski definition) is 2. The van der Waals surface area contributed by atoms with Crippen LogP contribution in [0.15, 0.2) is 35.3 Å². The van der Waals surface area contributed by atoms with Crippen LogP contribution >= 0.6 is 0 Å². The summed E-state index contributed by atoms with van der Waals surface area (Å²) in [5, 5.41) is 18.7. The molecule has 1 aliphatic heterocycles. The van der Waals surface area contributed by atoms with Gasteiger partial charge in [0.15, 0.2) is 0 Å². The fourth-order valence-electron chi connectivity index (χ4n) is 1.60. The summed E-state index contributed by atoms with van der Waals surface area (Å²) in [5.41, 5.74) is 1.10. The molecule has 0 unspecified atom stereocenters. The van der Waals surface area contributed by atoms with E-state index in [1.165, 1.54) is 0 Å². The first-order valence-electron chi connectivity index (χ1n) is 5.29. The molecule has 3 atom stereocenters. The summed E-state index contributed by atoms with van der Waals surface area (Å²) in [5.74, 6) is 0. The van der Waals surface area contributed by atoms with Crippen LogP contribution in [-0.4, -0.2) is 41.3 Å². The normalized spacial score (nSPS) is 30.0. The number of aliphatic hydroxyl groups excluding tert-OH is 2. The summed E-state index contributed by atoms with van der Waals surface area (Å²) in [6.45, 7) is 0.729. The summed E-state index contributed by atoms with van der Waals surface area (Å²) in [6, 6.07) is 9.83. The predicted octanol–water partition coefficient (Wildman–Crippen LogP) is 0.378. The second-order valence-corrected chi connectivity index (χ2v) is 3.83. The average molecular weight is 221 g/mol. The van der Waals surface area contributed by atoms with Crippen molar-refractivity contribution in [3.05, 3.63) is 35.9 Å². The van der Waals surface area contributed by atoms with Crippen molar-refractivity contribution in [1.82, 2.24) is 0 Å². The van der Waals surface area contributed by atoms with Crippen LogP contribution in [-0.2, 0) is 11.3 Å². The summed E-state index contributed by atoms with van der Waals surface area (Å²) < 4.78 is 5.17. The lowest BCUT2D eigenvalue weighted by Gasteiger charge is -2.09. The molecule has 1 aromatic carbocycles. The van der Waals surface area contributed by atoms with Gasteiger partial charge in [-0.1, -0.05) is 30.3 Å². The fraction of sp³-hybridized carbons (Fsp3) is 0.417. The van der Waals surface area contributed by atoms with Crippen LogP contribution in [0.2, 0.25) is 0 Å². The van der Waals surface area contributed by atoms with Gasteiger partial charge in [-0.3, -0.25) is 4.99 Å². The molecule has 0 radical (unpaired) electrons. The minimum atomic E-state index is -0.862. The molecule has 0 aliphatic carbocycles. The Morgan fingerprint density at radius 3 is 2.69 bits per heavy atom. The molecule has 0 saturated carbocycles. The van der Waals surface area contributed by atoms with E-state index in [0.717, 1.165) is 5.56 Å². The van der Waals surface area contributed by atoms with Gasteiger partial charge in [0.2, 0.25) is 0 Å². The lowest BCUT2D eigenvalue weighted by Crippen LogP contribution is -2.30. The first-order valence-corrected chi connectivity index (χ1v) is 5.29. The highest BCUT2D eigenvalue weighted by Crippen LogP contribution is 2.12. The molecule has 0 aromatic heterocycles. The number of aliphatic hydroxyl groups is 2. The third kappa shape index (κ3) is 2.66. The van der Waals surface area contributed by atoms with E-state index in [2.05, 4.69) is 4.99 Å². The standard InChI is InChI=1S/C12H15NO3/c14-10-8-16-11(12(10)15)7-13-6-9-4-2-1-3-5-9/h1-5,7,10-12,14-15H,6,8H2/t10-,11+,12-/m1/s1. The van der Waals surface area contributed by atoms with E-state index in [1.807, 2.05) is 30.3 Å². The second kappa shape index (κ2) is 5.21. The molecule has 16 heavy (non-hydrogen) atoms. The molecule has 1 aliphatic rings. The first-order chi connectivity index (χ1) is 7.77. The Morgan fingerprint density at radius 1 is 1.31 bits per heavy atom. The molecule has 1 aromatic rings. The van der Waals surface area contributed by atoms with Crippen molar-refractivity contribution < 1.29 is 14.9 Å². The molecule has 0 amide bonds. The highest BCUT2D eigenvalue weighted by Gasteiger charge is 2.33. The number of aliphatic imine (C=N–C) groups is 1. The Labute approximate surface area is 94.2 Å². The Bertz CT molecular complexity index is 353. The lowest BCUT2D eigenvalue weighted by atomic mass is 10.2. The van der Waals surface area contributed by atoms with Crippen LogP contribution in [0.1, 0.15) is 5.56 Å². The average Bonchev–Trinajstić information content (AvgIpc) is 2.62. The Balaban J connectivity index is 1.86. The van der Waals surface area contributed by atoms with E-state index in [0.29, 0.717) is 6.54 Å². The topological polar surface area (TPSA) is 62.0 Å². The summed E-state index contributed by atoms with van der Waals surface area (Å²) in [7, 11) is 0. The molecule has 86 valence electrons. The maximum atomic E-state index is 9.49. The van der Waals surface area contributed by atoms with Crippen LogP contribution in [0.25, 0.3) is 0 Å². The molecule has 0 spiro atoms. The van der Waals surface area contributed by atoms with Gasteiger partial charge in [0.05, 0.1) is 13.2 Å². The van der Waals surface area contributed by atoms with Crippen LogP contribution in [0.4, 0.5) is 0 Å². The number of ether oxygens (including phenoxy) is 1. The van der Waals surface area contributed by atoms with Crippen molar-refractivity contribution in [2.75, 3.05) is 6.61 Å². The highest BCUT2D eigenvalue weighted by atomic mass is 16.5. The van der Waals surface area contributed by atoms with E-state index >= 15 is 0 Å². The number of rotatable bonds is 3. The fourth-order valence-corrected chi connectivity index (χ4v) is 1.60. The predicted molar refractivity (Wildman–Crippen MR) is 60.4 cm³/mol. The van der Waals surface area contributed by atoms with Crippen molar-refractivity contribution in [3.8, 4) is 0 Å². The quantitative estimate of drug-likeness (QED) is 0.725. The molecular weight excluding hydrogens is 206 g/mol. The molecule has 4 nitrogen and oxygen atoms in total. The number of nitrogens with zero attached hydrogens (tertiary/aromatic N) is 1. The maximum Gasteiger partial charge on any atom is 0.121 e. The summed E-state index contributed by atoms with van der Waals surface area (Å²) in [6.07, 6.45) is -0.583. The Morgan fingerprint density at radius 2 is 2.06 bits per heavy atom. The highest BCUT2D eigenvalue weighted by molar-refractivity contribution is 5.64. The summed E-state index contributed by atoms with van der Waals surface area (Å²) in [4.78, 5) is 4.19. The van der Waals surface area contributed by atoms with E-state index in [4.69, 9.17) is 4.74 Å². The molecule has 1 saturated heterocycles. The van der Waals surface area contributed by atoms with Crippen LogP contribution < -0.4 is 0 Å². The van der Waals surface area contributed by atoms with Gasteiger partial charge >= 0.3 is 0 Å². The smallest absolute Gasteiger partial charge is 0.121 e. The van der Waals surface area contributed by atoms with Crippen molar-refractivity contribution in [2.24, 2.45) is 4.99 Å². The van der Waals surface area contributed by atoms with E-state index < -0.39 is 18.3 Å². The minimum absolute atomic E-state index is 0.170. The van der Waals surface area contributed by atoms with Gasteiger partial charge in [0.25, 0.3) is 0 Å². The van der Waals surface area contributed by atoms with E-state index in [1.54, 1.807) is 6.21 Å². The van der Waals surface area contributed by atoms with Gasteiger partial charge in [-0.2, -0.15) is 0 Å². The SMILES string of the molecule is O[C@@H]1[C@H](O)CO[C@H]1C=NCc1ccccc1. The largest absolute Gasteiger partial charge is 0.388 e. The molecule has 1 fully saturated rings. The zero-order chi connectivity index (χ0) is 11.4. The Hall–Kier alpha value is -1.23. The van der Waals surface area contributed by atoms with Crippen molar-refractivity contribution >= 4 is 6.21 Å². The minimum Gasteiger partial charge on any atom is -0.388 e. The van der Waals surface area contributed by atoms with Gasteiger partial charge in [0, 0.05) is 6.21 Å². The van der Waals surface area contributed by atoms with E-state index in [-0.39, 0.29) is 6.61 Å². The van der Waals surface area contributed by atoms with Crippen molar-refractivity contribution in [2.45, 2.75) is 24.9 Å². The van der Waals surface area contributed by atoms with Crippen molar-refractivity contribution in [3.63, 3.8) is 0 Å². The zero-order valence-electron chi connectivity index (χ0n) is 8.86. The van der Waals surface area contributed by atoms with Crippen LogP contribution in [0.5, 0.6) is 0 Å². The second-order valence-electron chi connectivity index (χ2n) is 3.83. The van der Waals surface area contributed by atoms with Gasteiger partial charge < -0.3 is 14.9 Å². The third-order valence-electron chi connectivity index (χ3n) is 2.56. The Kier molecular flexibility index (Phi) is 3.66. The first kappa shape index (κ1) is 11.3. The van der Waals surface area contributed by atoms with Gasteiger partial charge in [-0.25, -0.2) is 0 Å². The summed E-state index contributed by atoms with van der Waals surface area (Å²) >= 11 is 0. The van der Waals surface area contributed by atoms with Gasteiger partial charge in [-0.05, 0) is 5.56 Å². The van der Waals surface area contributed by atoms with Crippen LogP contribution in [0, 0.1) is 0 Å². The zero-order valence-corrected chi connectivity index (χ0v) is 8.86. The monoisotopic (exact) mass is 221 g/mol. The third-order valence-corrected chi connectivity index (χ3v) is 2.56.